The second kappa shape index (κ2) is 4.92. The highest BCUT2D eigenvalue weighted by Crippen LogP contribution is 2.49. The van der Waals surface area contributed by atoms with Crippen molar-refractivity contribution in [2.45, 2.75) is 31.0 Å². The number of hydrogen-bond donors (Lipinski definition) is 1. The van der Waals surface area contributed by atoms with Gasteiger partial charge in [0, 0.05) is 17.7 Å². The highest BCUT2D eigenvalue weighted by molar-refractivity contribution is 6.15. The Kier molecular flexibility index (Phi) is 2.89. The number of anilines is 1. The third-order valence-corrected chi connectivity index (χ3v) is 5.70. The van der Waals surface area contributed by atoms with E-state index in [1.807, 2.05) is 12.1 Å². The maximum absolute atomic E-state index is 13.2. The molecular formula is C20H18N2O3. The number of carbonyl (C=O) groups excluding carboxylic acids is 2. The van der Waals surface area contributed by atoms with Gasteiger partial charge in [-0.2, -0.15) is 0 Å². The summed E-state index contributed by atoms with van der Waals surface area (Å²) >= 11 is 0. The highest BCUT2D eigenvalue weighted by Gasteiger charge is 2.59. The maximum Gasteiger partial charge on any atom is 0.261 e. The molecule has 0 aliphatic carbocycles. The topological polar surface area (TPSA) is 60.9 Å². The maximum atomic E-state index is 13.2. The third kappa shape index (κ3) is 1.71. The molecule has 0 bridgehead atoms. The molecule has 1 fully saturated rings. The number of nitrogens with zero attached hydrogens (tertiary/aromatic N) is 2. The van der Waals surface area contributed by atoms with Crippen molar-refractivity contribution in [2.24, 2.45) is 0 Å². The van der Waals surface area contributed by atoms with Crippen LogP contribution >= 0.6 is 0 Å². The summed E-state index contributed by atoms with van der Waals surface area (Å²) in [5.41, 5.74) is 0.564. The van der Waals surface area contributed by atoms with Gasteiger partial charge in [0.05, 0.1) is 17.3 Å². The summed E-state index contributed by atoms with van der Waals surface area (Å²) in [6.45, 7) is 0.602. The van der Waals surface area contributed by atoms with E-state index in [2.05, 4.69) is 0 Å². The smallest absolute Gasteiger partial charge is 0.261 e. The van der Waals surface area contributed by atoms with Crippen LogP contribution in [0.1, 0.15) is 45.5 Å². The summed E-state index contributed by atoms with van der Waals surface area (Å²) in [4.78, 5) is 29.5. The lowest BCUT2D eigenvalue weighted by atomic mass is 9.87. The zero-order valence-electron chi connectivity index (χ0n) is 13.7. The molecule has 2 aromatic carbocycles. The van der Waals surface area contributed by atoms with Gasteiger partial charge in [0.2, 0.25) is 0 Å². The molecule has 3 aliphatic heterocycles. The van der Waals surface area contributed by atoms with Gasteiger partial charge in [-0.25, -0.2) is 0 Å². The van der Waals surface area contributed by atoms with Crippen LogP contribution in [0, 0.1) is 0 Å². The summed E-state index contributed by atoms with van der Waals surface area (Å²) < 4.78 is 0. The first kappa shape index (κ1) is 14.7. The molecule has 5 nitrogen and oxygen atoms in total. The van der Waals surface area contributed by atoms with Gasteiger partial charge in [-0.15, -0.1) is 0 Å². The van der Waals surface area contributed by atoms with Crippen molar-refractivity contribution in [3.63, 3.8) is 0 Å². The molecule has 2 amide bonds. The van der Waals surface area contributed by atoms with Crippen molar-refractivity contribution in [3.8, 4) is 0 Å². The standard InChI is InChI=1S/C20H18N2O3/c23-18-14-8-2-4-10-16(14)22-19(24)13-7-1-3-9-15(13)20(22,25)17-11-5-6-12-21(17)18/h1-4,7-10,17,25H,5-6,11-12H2/t17-,20-/m1/s1. The van der Waals surface area contributed by atoms with E-state index in [4.69, 9.17) is 0 Å². The Bertz CT molecular complexity index is 909. The third-order valence-electron chi connectivity index (χ3n) is 5.70. The Morgan fingerprint density at radius 3 is 2.48 bits per heavy atom. The fourth-order valence-electron chi connectivity index (χ4n) is 4.61. The van der Waals surface area contributed by atoms with Crippen LogP contribution in [-0.2, 0) is 5.72 Å². The highest BCUT2D eigenvalue weighted by atomic mass is 16.3. The Hall–Kier alpha value is -2.66. The van der Waals surface area contributed by atoms with Gasteiger partial charge in [0.1, 0.15) is 0 Å². The zero-order valence-corrected chi connectivity index (χ0v) is 13.7. The van der Waals surface area contributed by atoms with E-state index in [9.17, 15) is 14.7 Å². The van der Waals surface area contributed by atoms with Crippen LogP contribution in [-0.4, -0.2) is 34.4 Å². The lowest BCUT2D eigenvalue weighted by Crippen LogP contribution is -2.59. The number of aliphatic hydroxyl groups is 1. The number of fused-ring (bicyclic) bond motifs is 7. The molecule has 2 aromatic rings. The van der Waals surface area contributed by atoms with E-state index < -0.39 is 11.8 Å². The second-order valence-corrected chi connectivity index (χ2v) is 6.94. The van der Waals surface area contributed by atoms with Crippen LogP contribution in [0.2, 0.25) is 0 Å². The van der Waals surface area contributed by atoms with Crippen LogP contribution in [0.25, 0.3) is 0 Å². The Balaban J connectivity index is 1.85. The largest absolute Gasteiger partial charge is 0.365 e. The monoisotopic (exact) mass is 334 g/mol. The minimum absolute atomic E-state index is 0.103. The Labute approximate surface area is 145 Å². The molecule has 126 valence electrons. The van der Waals surface area contributed by atoms with Crippen LogP contribution in [0.4, 0.5) is 5.69 Å². The quantitative estimate of drug-likeness (QED) is 0.805. The molecule has 25 heavy (non-hydrogen) atoms. The normalized spacial score (nSPS) is 27.3. The Morgan fingerprint density at radius 2 is 1.64 bits per heavy atom. The predicted octanol–water partition coefficient (Wildman–Crippen LogP) is 2.50. The van der Waals surface area contributed by atoms with Crippen molar-refractivity contribution in [3.05, 3.63) is 65.2 Å². The fraction of sp³-hybridized carbons (Fsp3) is 0.300. The molecule has 0 unspecified atom stereocenters. The summed E-state index contributed by atoms with van der Waals surface area (Å²) in [5.74, 6) is -0.348. The second-order valence-electron chi connectivity index (χ2n) is 6.94. The van der Waals surface area contributed by atoms with Gasteiger partial charge >= 0.3 is 0 Å². The molecule has 1 saturated heterocycles. The number of para-hydroxylation sites is 1. The minimum atomic E-state index is -1.52. The molecule has 0 saturated carbocycles. The molecule has 3 aliphatic rings. The summed E-state index contributed by atoms with van der Waals surface area (Å²) in [6.07, 6.45) is 2.52. The van der Waals surface area contributed by atoms with Crippen molar-refractivity contribution >= 4 is 17.5 Å². The fourth-order valence-corrected chi connectivity index (χ4v) is 4.61. The van der Waals surface area contributed by atoms with Gasteiger partial charge in [-0.05, 0) is 37.5 Å². The summed E-state index contributed by atoms with van der Waals surface area (Å²) in [6, 6.07) is 13.8. The number of benzene rings is 2. The van der Waals surface area contributed by atoms with Gasteiger partial charge in [-0.1, -0.05) is 30.3 Å². The van der Waals surface area contributed by atoms with E-state index >= 15 is 0 Å². The van der Waals surface area contributed by atoms with Gasteiger partial charge < -0.3 is 10.0 Å². The number of rotatable bonds is 0. The van der Waals surface area contributed by atoms with E-state index in [1.165, 1.54) is 4.90 Å². The van der Waals surface area contributed by atoms with Gasteiger partial charge in [0.15, 0.2) is 5.72 Å². The lowest BCUT2D eigenvalue weighted by molar-refractivity contribution is -0.0479. The van der Waals surface area contributed by atoms with E-state index in [-0.39, 0.29) is 11.8 Å². The number of piperidine rings is 1. The SMILES string of the molecule is O=C1c2ccccc2N2C(=O)c3ccccc3[C@@]2(O)[C@H]2CCCCN12. The first-order valence-electron chi connectivity index (χ1n) is 8.70. The minimum Gasteiger partial charge on any atom is -0.365 e. The predicted molar refractivity (Wildman–Crippen MR) is 92.3 cm³/mol. The van der Waals surface area contributed by atoms with Crippen LogP contribution in [0.15, 0.2) is 48.5 Å². The van der Waals surface area contributed by atoms with Gasteiger partial charge in [0.25, 0.3) is 11.8 Å². The van der Waals surface area contributed by atoms with Crippen molar-refractivity contribution in [1.29, 1.82) is 0 Å². The number of hydrogen-bond acceptors (Lipinski definition) is 3. The number of amides is 2. The van der Waals surface area contributed by atoms with Crippen LogP contribution in [0.5, 0.6) is 0 Å². The molecule has 2 atom stereocenters. The lowest BCUT2D eigenvalue weighted by Gasteiger charge is -2.45. The average Bonchev–Trinajstić information content (AvgIpc) is 2.85. The molecule has 5 rings (SSSR count). The van der Waals surface area contributed by atoms with Crippen LogP contribution < -0.4 is 4.90 Å². The molecule has 0 radical (unpaired) electrons. The molecule has 0 aromatic heterocycles. The molecule has 5 heteroatoms. The number of carbonyl (C=O) groups is 2. The van der Waals surface area contributed by atoms with Crippen molar-refractivity contribution in [1.82, 2.24) is 4.90 Å². The molecule has 0 spiro atoms. The van der Waals surface area contributed by atoms with Crippen LogP contribution in [0.3, 0.4) is 0 Å². The summed E-state index contributed by atoms with van der Waals surface area (Å²) in [7, 11) is 0. The first-order valence-corrected chi connectivity index (χ1v) is 8.70. The Morgan fingerprint density at radius 1 is 0.920 bits per heavy atom. The van der Waals surface area contributed by atoms with E-state index in [0.717, 1.165) is 12.8 Å². The molecular weight excluding hydrogens is 316 g/mol. The van der Waals surface area contributed by atoms with Crippen molar-refractivity contribution in [2.75, 3.05) is 11.4 Å². The molecule has 3 heterocycles. The molecule has 1 N–H and O–H groups in total. The zero-order chi connectivity index (χ0) is 17.2. The van der Waals surface area contributed by atoms with E-state index in [0.29, 0.717) is 35.3 Å². The first-order chi connectivity index (χ1) is 12.1. The summed E-state index contributed by atoms with van der Waals surface area (Å²) in [5, 5.41) is 11.9. The van der Waals surface area contributed by atoms with Gasteiger partial charge in [-0.3, -0.25) is 14.5 Å². The van der Waals surface area contributed by atoms with Crippen molar-refractivity contribution < 1.29 is 14.7 Å². The average molecular weight is 334 g/mol. The van der Waals surface area contributed by atoms with E-state index in [1.54, 1.807) is 41.3 Å².